The average molecular weight is 1820 g/mol. The molecule has 0 unspecified atom stereocenters. The molecule has 0 atom stereocenters. The molecule has 3 aromatic heterocycles. The third-order valence-electron chi connectivity index (χ3n) is 20.0. The Balaban J connectivity index is 0.000000457. The molecule has 0 aliphatic heterocycles. The van der Waals surface area contributed by atoms with Gasteiger partial charge in [0.05, 0.1) is 46.9 Å². The molecule has 0 saturated heterocycles. The second kappa shape index (κ2) is 55.7. The fourth-order valence-corrected chi connectivity index (χ4v) is 12.9. The summed E-state index contributed by atoms with van der Waals surface area (Å²) in [5, 5.41) is 31.6. The molecule has 3 heterocycles. The Hall–Kier alpha value is -9.22. The number of aliphatic carboxylic acids is 1. The Bertz CT molecular complexity index is 5650. The van der Waals surface area contributed by atoms with Crippen LogP contribution >= 0.6 is 11.6 Å². The number of carboxylic acids is 1. The van der Waals surface area contributed by atoms with E-state index < -0.39 is 34.7 Å². The van der Waals surface area contributed by atoms with E-state index >= 15 is 0 Å². The molecule has 0 aliphatic carbocycles. The fourth-order valence-electron chi connectivity index (χ4n) is 12.8. The van der Waals surface area contributed by atoms with Gasteiger partial charge in [-0.15, -0.1) is 11.6 Å². The number of nitrogens with one attached hydrogen (secondary N) is 1. The molecule has 12 aromatic rings. The summed E-state index contributed by atoms with van der Waals surface area (Å²) in [6, 6.07) is 71.3. The number of carboxylic acid groups (broad SMARTS) is 1. The van der Waals surface area contributed by atoms with Gasteiger partial charge in [-0.3, -0.25) is 18.9 Å². The van der Waals surface area contributed by atoms with Crippen LogP contribution in [-0.2, 0) is 111 Å². The predicted molar refractivity (Wildman–Crippen MR) is 485 cm³/mol. The normalized spacial score (nSPS) is 10.6. The molecule has 9 aromatic carbocycles. The van der Waals surface area contributed by atoms with E-state index in [9.17, 15) is 33.9 Å². The number of H-pyrrole nitrogens is 1. The van der Waals surface area contributed by atoms with Crippen molar-refractivity contribution in [2.45, 2.75) is 176 Å². The minimum Gasteiger partial charge on any atom is -1.00 e. The van der Waals surface area contributed by atoms with Gasteiger partial charge in [0.2, 0.25) is 0 Å². The van der Waals surface area contributed by atoms with E-state index in [1.807, 2.05) is 233 Å². The third-order valence-corrected chi connectivity index (χ3v) is 20.3. The van der Waals surface area contributed by atoms with E-state index in [2.05, 4.69) is 34.7 Å². The van der Waals surface area contributed by atoms with Crippen molar-refractivity contribution in [3.05, 3.63) is 371 Å². The molecule has 0 amide bonds. The Labute approximate surface area is 862 Å². The quantitative estimate of drug-likeness (QED) is 0.00997. The first-order chi connectivity index (χ1) is 59.4. The molecule has 29 heteroatoms. The summed E-state index contributed by atoms with van der Waals surface area (Å²) in [5.74, 6) is 2.65. The van der Waals surface area contributed by atoms with Crippen molar-refractivity contribution in [1.29, 1.82) is 0 Å². The van der Waals surface area contributed by atoms with Gasteiger partial charge in [0.15, 0.2) is 16.8 Å². The molecule has 3 N–H and O–H groups in total. The number of alkyl halides is 1. The minimum atomic E-state index is -1.30. The number of carbonyl (C=O) groups is 4. The molecule has 0 fully saturated rings. The van der Waals surface area contributed by atoms with E-state index in [4.69, 9.17) is 55.5 Å². The zero-order valence-electron chi connectivity index (χ0n) is 76.9. The molecule has 0 bridgehead atoms. The van der Waals surface area contributed by atoms with Gasteiger partial charge >= 0.3 is 167 Å². The molecule has 0 radical (unpaired) electrons. The van der Waals surface area contributed by atoms with Gasteiger partial charge < -0.3 is 45.8 Å². The number of aromatic amines is 1. The van der Waals surface area contributed by atoms with Gasteiger partial charge in [0, 0.05) is 25.1 Å². The van der Waals surface area contributed by atoms with Crippen LogP contribution in [0.3, 0.4) is 0 Å². The van der Waals surface area contributed by atoms with E-state index in [0.717, 1.165) is 117 Å². The number of hydrogen-bond donors (Lipinski definition) is 2. The van der Waals surface area contributed by atoms with Gasteiger partial charge in [0.1, 0.15) is 34.7 Å². The zero-order valence-corrected chi connectivity index (χ0v) is 84.9. The maximum atomic E-state index is 13.4. The standard InChI is InChI=1S/C33H37N3O4.C32H35N3O4.C24H29N3O4.C9H9Cl.CH2O3.2K.Na.H2O.H/c1-6-25-14-16-27(17-15-25)22-35-30(34-36(32(35)38)23-28-12-10-24(2)11-13-28)9-7-8-26-18-20-29(21-19-26)40-33(3,4)31(37)39-5;1-5-24-13-15-26(16-14-24)21-34-29(33-35(31(34)38)22-27-11-9-23(2)10-12-27)8-6-7-25-17-19-28(20-18-25)39-32(3,4)30(36)37;1-17-8-10-19(11-9-17)16-27-23(29)25-21(26-27)7-5-6-18-12-14-20(15-13-18)31-24(2,3)22(28)30-4;1-2-8-3-5-9(7-10)6-4-8;2-1-4-3;;;;;/h6,10-21H,1,7-9,22-23H2,2-5H3;5,9-20H,1,6-8,21-22H2,2-4H3,(H,36,37);8-15H,5-7,16H2,1-4H3,(H,25,26,29);2-6H,1,7H2;1,3H;;;;1H2;/q;;;;;3*+1;;-1/p-2. The van der Waals surface area contributed by atoms with Crippen molar-refractivity contribution >= 4 is 54.2 Å². The zero-order chi connectivity index (χ0) is 89.9. The molecule has 0 saturated carbocycles. The number of hydrogen-bond acceptors (Lipinski definition) is 18. The number of benzene rings is 9. The first-order valence-electron chi connectivity index (χ1n) is 40.7. The van der Waals surface area contributed by atoms with Crippen LogP contribution in [0.15, 0.2) is 253 Å². The monoisotopic (exact) mass is 1820 g/mol. The molecule has 0 spiro atoms. The second-order valence-corrected chi connectivity index (χ2v) is 31.4. The molecule has 25 nitrogen and oxygen atoms in total. The number of methoxy groups -OCH3 is 2. The average Bonchev–Trinajstić information content (AvgIpc) is 1.65. The topological polar surface area (TPSA) is 327 Å². The number of carbonyl (C=O) groups excluding carboxylic acids is 3. The van der Waals surface area contributed by atoms with Crippen molar-refractivity contribution < 1.29 is 197 Å². The van der Waals surface area contributed by atoms with Crippen LogP contribution in [0.4, 0.5) is 0 Å². The largest absolute Gasteiger partial charge is 1.00 e. The number of aromatic nitrogens is 9. The molecular weight excluding hydrogens is 1710 g/mol. The molecule has 660 valence electrons. The number of ether oxygens (including phenoxy) is 5. The van der Waals surface area contributed by atoms with Crippen LogP contribution in [0.25, 0.3) is 18.2 Å². The summed E-state index contributed by atoms with van der Waals surface area (Å²) in [5.41, 5.74) is 12.6. The number of esters is 2. The summed E-state index contributed by atoms with van der Waals surface area (Å²) in [4.78, 5) is 88.1. The van der Waals surface area contributed by atoms with Crippen LogP contribution in [0, 0.1) is 20.8 Å². The number of halogens is 1. The van der Waals surface area contributed by atoms with E-state index in [0.29, 0.717) is 80.9 Å². The number of rotatable bonds is 36. The van der Waals surface area contributed by atoms with Crippen molar-refractivity contribution in [3.63, 3.8) is 0 Å². The van der Waals surface area contributed by atoms with E-state index in [-0.39, 0.29) is 163 Å². The first-order valence-corrected chi connectivity index (χ1v) is 41.2. The summed E-state index contributed by atoms with van der Waals surface area (Å²) in [7, 11) is 2.69. The molecule has 0 aliphatic rings. The van der Waals surface area contributed by atoms with Gasteiger partial charge in [0.25, 0.3) is 6.47 Å². The van der Waals surface area contributed by atoms with Crippen molar-refractivity contribution in [2.24, 2.45) is 0 Å². The Kier molecular flexibility index (Phi) is 48.4. The predicted octanol–water partition coefficient (Wildman–Crippen LogP) is 6.99. The van der Waals surface area contributed by atoms with Crippen molar-refractivity contribution in [3.8, 4) is 17.2 Å². The summed E-state index contributed by atoms with van der Waals surface area (Å²) in [6.45, 7) is 29.2. The Morgan fingerprint density at radius 2 is 0.703 bits per heavy atom. The van der Waals surface area contributed by atoms with Crippen LogP contribution in [-0.4, -0.2) is 109 Å². The number of aryl methyl sites for hydroxylation is 9. The maximum absolute atomic E-state index is 13.4. The van der Waals surface area contributed by atoms with E-state index in [1.54, 1.807) is 70.5 Å². The molecular formula is C99H113ClK2N9NaO16. The van der Waals surface area contributed by atoms with Gasteiger partial charge in [-0.2, -0.15) is 15.3 Å². The maximum Gasteiger partial charge on any atom is 1.00 e. The van der Waals surface area contributed by atoms with Crippen LogP contribution < -0.4 is 169 Å². The van der Waals surface area contributed by atoms with Crippen LogP contribution in [0.5, 0.6) is 17.2 Å². The second-order valence-electron chi connectivity index (χ2n) is 31.2. The SMILES string of the molecule is C=Cc1ccc(CCl)cc1.C=Cc1ccc(Cn2c(CCCc3ccc(OC(C)(C)C(=O)O)cc3)nn(Cc3ccc(C)cc3)c2=O)cc1.C=Cc1ccc(Cn2c(CCCc3ccc(OC(C)(C)C(=O)OC)cc3)nn(Cc3ccc(C)cc3)c2=O)cc1.COC(=O)C(C)(C)Oc1ccc(CCCc2nn(Cc3ccc(C)cc3)c(=O)[nH]2)cc1.O=CO[O-].[H-].[K+].[K+].[Na+].[OH-]. The fraction of sp³-hybridized carbons (Fsp3) is 0.293. The van der Waals surface area contributed by atoms with E-state index in [1.165, 1.54) is 49.4 Å². The third kappa shape index (κ3) is 35.9. The summed E-state index contributed by atoms with van der Waals surface area (Å²) >= 11 is 5.60. The Morgan fingerprint density at radius 3 is 0.992 bits per heavy atom. The van der Waals surface area contributed by atoms with Crippen molar-refractivity contribution in [2.75, 3.05) is 14.2 Å². The van der Waals surface area contributed by atoms with Gasteiger partial charge in [-0.1, -0.05) is 237 Å². The molecule has 12 rings (SSSR count). The number of nitrogens with zero attached hydrogens (tertiary/aromatic N) is 8. The smallest absolute Gasteiger partial charge is 1.00 e. The molecule has 128 heavy (non-hydrogen) atoms. The minimum absolute atomic E-state index is 0. The van der Waals surface area contributed by atoms with Gasteiger partial charge in [-0.05, 0) is 204 Å². The summed E-state index contributed by atoms with van der Waals surface area (Å²) < 4.78 is 34.8. The first kappa shape index (κ1) is 111. The summed E-state index contributed by atoms with van der Waals surface area (Å²) in [6.07, 6.45) is 12.3. The van der Waals surface area contributed by atoms with Crippen LogP contribution in [0.2, 0.25) is 0 Å². The Morgan fingerprint density at radius 1 is 0.430 bits per heavy atom. The van der Waals surface area contributed by atoms with Crippen molar-refractivity contribution in [1.82, 2.24) is 43.5 Å². The van der Waals surface area contributed by atoms with Crippen LogP contribution in [0.1, 0.15) is 163 Å². The van der Waals surface area contributed by atoms with Gasteiger partial charge in [-0.25, -0.2) is 42.8 Å².